The van der Waals surface area contributed by atoms with Crippen molar-refractivity contribution in [2.24, 2.45) is 62.1 Å². The van der Waals surface area contributed by atoms with E-state index in [0.717, 1.165) is 76.6 Å². The van der Waals surface area contributed by atoms with Gasteiger partial charge in [-0.25, -0.2) is 12.7 Å². The van der Waals surface area contributed by atoms with E-state index < -0.39 is 27.4 Å². The summed E-state index contributed by atoms with van der Waals surface area (Å²) in [5.74, 6) is 1.32. The van der Waals surface area contributed by atoms with Gasteiger partial charge in [-0.15, -0.1) is 0 Å². The lowest BCUT2D eigenvalue weighted by atomic mass is 9.32. The highest BCUT2D eigenvalue weighted by atomic mass is 32.2. The minimum absolute atomic E-state index is 0.0000827. The van der Waals surface area contributed by atoms with Crippen LogP contribution in [0.1, 0.15) is 138 Å². The number of fused-ring (bicyclic) bond motifs is 7. The number of esters is 1. The van der Waals surface area contributed by atoms with Crippen LogP contribution < -0.4 is 0 Å². The number of aliphatic carboxylic acids is 1. The van der Waals surface area contributed by atoms with Crippen molar-refractivity contribution in [2.75, 3.05) is 40.3 Å². The van der Waals surface area contributed by atoms with Crippen LogP contribution in [0, 0.1) is 62.1 Å². The Balaban J connectivity index is 1.04. The van der Waals surface area contributed by atoms with Gasteiger partial charge in [0.15, 0.2) is 0 Å². The van der Waals surface area contributed by atoms with Gasteiger partial charge in [-0.05, 0) is 154 Å². The van der Waals surface area contributed by atoms with E-state index in [-0.39, 0.29) is 39.6 Å². The minimum atomic E-state index is -3.47. The maximum absolute atomic E-state index is 14.5. The number of sulfonamides is 1. The fraction of sp³-hybridized carbons (Fsp3) is 0.780. The monoisotopic (exact) mass is 864 g/mol. The minimum Gasteiger partial charge on any atom is -0.481 e. The van der Waals surface area contributed by atoms with Crippen LogP contribution in [-0.2, 0) is 35.7 Å². The summed E-state index contributed by atoms with van der Waals surface area (Å²) in [7, 11) is -0.372. The number of benzene rings is 1. The second-order valence-electron chi connectivity index (χ2n) is 23.0. The van der Waals surface area contributed by atoms with Crippen LogP contribution >= 0.6 is 0 Å². The smallest absolute Gasteiger partial charge is 0.309 e. The molecule has 1 amide bonds. The Morgan fingerprint density at radius 3 is 2.11 bits per heavy atom. The topological polar surface area (TPSA) is 125 Å². The first-order chi connectivity index (χ1) is 28.3. The number of piperazine rings is 1. The standard InChI is InChI=1S/C50H77N3O7S/c1-33(2)36-18-23-50(30-41(54)53-28-26-52(27-29-53)32-34-12-14-35(15-13-34)61(58,59)51(10)11)25-24-48(8)37(43(36)50)16-17-39-47(7)21-20-40(60-42(55)31-45(3,4)44(56)57)46(5,6)38(47)19-22-49(39,48)9/h12-15,36-40,43H,1,16-32H2,2-11H3,(H,56,57)/t36-,37+,38-,39+,40-,43+,47-,48+,49+,50+/m0/s1. The van der Waals surface area contributed by atoms with E-state index in [1.54, 1.807) is 40.1 Å². The highest BCUT2D eigenvalue weighted by Gasteiger charge is 2.71. The van der Waals surface area contributed by atoms with Gasteiger partial charge in [0.25, 0.3) is 0 Å². The maximum Gasteiger partial charge on any atom is 0.309 e. The van der Waals surface area contributed by atoms with E-state index in [1.807, 2.05) is 12.1 Å². The van der Waals surface area contributed by atoms with Crippen molar-refractivity contribution in [3.63, 3.8) is 0 Å². The Hall–Kier alpha value is -2.76. The predicted molar refractivity (Wildman–Crippen MR) is 239 cm³/mol. The molecule has 5 saturated carbocycles. The second-order valence-corrected chi connectivity index (χ2v) is 25.2. The maximum atomic E-state index is 14.5. The van der Waals surface area contributed by atoms with Crippen LogP contribution in [0.5, 0.6) is 0 Å². The van der Waals surface area contributed by atoms with Crippen molar-refractivity contribution in [3.8, 4) is 0 Å². The average Bonchev–Trinajstić information content (AvgIpc) is 3.56. The molecule has 1 aliphatic heterocycles. The molecule has 6 aliphatic rings. The van der Waals surface area contributed by atoms with Gasteiger partial charge in [0.2, 0.25) is 15.9 Å². The molecule has 0 radical (unpaired) electrons. The first-order valence-electron chi connectivity index (χ1n) is 23.4. The van der Waals surface area contributed by atoms with Crippen LogP contribution in [0.15, 0.2) is 41.3 Å². The molecule has 0 bridgehead atoms. The summed E-state index contributed by atoms with van der Waals surface area (Å²) in [6.07, 6.45) is 11.2. The van der Waals surface area contributed by atoms with Crippen LogP contribution in [0.4, 0.5) is 0 Å². The fourth-order valence-corrected chi connectivity index (χ4v) is 16.1. The van der Waals surface area contributed by atoms with Crippen molar-refractivity contribution in [1.29, 1.82) is 0 Å². The summed E-state index contributed by atoms with van der Waals surface area (Å²) in [5.41, 5.74) is 1.39. The molecule has 10 nitrogen and oxygen atoms in total. The molecule has 0 spiro atoms. The van der Waals surface area contributed by atoms with E-state index >= 15 is 0 Å². The Kier molecular flexibility index (Phi) is 12.2. The SMILES string of the molecule is C=C(C)[C@@H]1CC[C@]2(CC(=O)N3CCN(Cc4ccc(S(=O)(=O)N(C)C)cc4)CC3)CC[C@]3(C)[C@H](CC[C@@H]4[C@@]5(C)CC[C@H](OC(=O)CC(C)(C)C(=O)O)C(C)(C)[C@@H]5CC[C@]43C)[C@@H]12. The first kappa shape index (κ1) is 46.2. The van der Waals surface area contributed by atoms with Gasteiger partial charge < -0.3 is 14.7 Å². The summed E-state index contributed by atoms with van der Waals surface area (Å²) in [4.78, 5) is 44.2. The van der Waals surface area contributed by atoms with Crippen molar-refractivity contribution in [2.45, 2.75) is 150 Å². The second kappa shape index (κ2) is 16.0. The predicted octanol–water partition coefficient (Wildman–Crippen LogP) is 9.04. The number of rotatable bonds is 11. The number of carbonyl (C=O) groups is 3. The summed E-state index contributed by atoms with van der Waals surface area (Å²) in [5, 5.41) is 9.66. The van der Waals surface area contributed by atoms with E-state index in [2.05, 4.69) is 57.9 Å². The third kappa shape index (κ3) is 7.74. The van der Waals surface area contributed by atoms with Crippen molar-refractivity contribution < 1.29 is 32.6 Å². The van der Waals surface area contributed by atoms with Gasteiger partial charge in [0.05, 0.1) is 16.7 Å². The van der Waals surface area contributed by atoms with E-state index in [0.29, 0.717) is 59.9 Å². The largest absolute Gasteiger partial charge is 0.481 e. The average molecular weight is 864 g/mol. The number of amides is 1. The molecule has 0 aromatic heterocycles. The van der Waals surface area contributed by atoms with Crippen molar-refractivity contribution in [1.82, 2.24) is 14.1 Å². The third-order valence-electron chi connectivity index (χ3n) is 19.0. The molecule has 6 fully saturated rings. The Morgan fingerprint density at radius 1 is 0.852 bits per heavy atom. The number of nitrogens with zero attached hydrogens (tertiary/aromatic N) is 3. The molecule has 1 aromatic carbocycles. The molecule has 1 aromatic rings. The zero-order chi connectivity index (χ0) is 44.7. The molecule has 10 atom stereocenters. The number of hydrogen-bond acceptors (Lipinski definition) is 7. The molecule has 1 saturated heterocycles. The molecule has 0 unspecified atom stereocenters. The van der Waals surface area contributed by atoms with E-state index in [4.69, 9.17) is 4.74 Å². The molecule has 61 heavy (non-hydrogen) atoms. The fourth-order valence-electron chi connectivity index (χ4n) is 15.2. The van der Waals surface area contributed by atoms with Crippen LogP contribution in [0.3, 0.4) is 0 Å². The Morgan fingerprint density at radius 2 is 1.51 bits per heavy atom. The van der Waals surface area contributed by atoms with E-state index in [9.17, 15) is 27.9 Å². The zero-order valence-corrected chi connectivity index (χ0v) is 40.0. The van der Waals surface area contributed by atoms with Gasteiger partial charge in [-0.3, -0.25) is 19.3 Å². The van der Waals surface area contributed by atoms with Crippen LogP contribution in [-0.4, -0.2) is 91.9 Å². The summed E-state index contributed by atoms with van der Waals surface area (Å²) in [6, 6.07) is 7.19. The number of ether oxygens (including phenoxy) is 1. The number of carboxylic acids is 1. The molecule has 7 rings (SSSR count). The van der Waals surface area contributed by atoms with E-state index in [1.165, 1.54) is 22.7 Å². The third-order valence-corrected chi connectivity index (χ3v) is 20.8. The van der Waals surface area contributed by atoms with Gasteiger partial charge in [-0.1, -0.05) is 58.9 Å². The lowest BCUT2D eigenvalue weighted by molar-refractivity contribution is -0.250. The number of hydrogen-bond donors (Lipinski definition) is 1. The van der Waals surface area contributed by atoms with Gasteiger partial charge >= 0.3 is 11.9 Å². The quantitative estimate of drug-likeness (QED) is 0.173. The van der Waals surface area contributed by atoms with Gasteiger partial charge in [-0.2, -0.15) is 0 Å². The summed E-state index contributed by atoms with van der Waals surface area (Å²) >= 11 is 0. The van der Waals surface area contributed by atoms with Crippen LogP contribution in [0.25, 0.3) is 0 Å². The van der Waals surface area contributed by atoms with Crippen LogP contribution in [0.2, 0.25) is 0 Å². The zero-order valence-electron chi connectivity index (χ0n) is 39.1. The highest BCUT2D eigenvalue weighted by Crippen LogP contribution is 2.78. The van der Waals surface area contributed by atoms with Crippen molar-refractivity contribution >= 4 is 27.9 Å². The summed E-state index contributed by atoms with van der Waals surface area (Å²) in [6.45, 7) is 26.2. The normalized spacial score (nSPS) is 37.5. The van der Waals surface area contributed by atoms with Gasteiger partial charge in [0, 0.05) is 58.7 Å². The number of allylic oxidation sites excluding steroid dienone is 1. The molecule has 1 heterocycles. The van der Waals surface area contributed by atoms with Crippen molar-refractivity contribution in [3.05, 3.63) is 42.0 Å². The first-order valence-corrected chi connectivity index (χ1v) is 24.9. The number of carbonyl (C=O) groups excluding carboxylic acids is 2. The molecule has 5 aliphatic carbocycles. The molecule has 11 heteroatoms. The summed E-state index contributed by atoms with van der Waals surface area (Å²) < 4.78 is 32.6. The Bertz CT molecular complexity index is 1990. The molecular formula is C50H77N3O7S. The lowest BCUT2D eigenvalue weighted by Crippen LogP contribution is -2.67. The molecule has 1 N–H and O–H groups in total. The molecular weight excluding hydrogens is 787 g/mol. The number of carboxylic acid groups (broad SMARTS) is 1. The lowest BCUT2D eigenvalue weighted by Gasteiger charge is -2.73. The van der Waals surface area contributed by atoms with Gasteiger partial charge in [0.1, 0.15) is 6.10 Å². The molecule has 340 valence electrons. The highest BCUT2D eigenvalue weighted by molar-refractivity contribution is 7.89. The Labute approximate surface area is 367 Å².